The third-order valence-electron chi connectivity index (χ3n) is 5.54. The fourth-order valence-electron chi connectivity index (χ4n) is 4.06. The molecule has 0 radical (unpaired) electrons. The second kappa shape index (κ2) is 9.01. The largest absolute Gasteiger partial charge is 0.481 e. The predicted octanol–water partition coefficient (Wildman–Crippen LogP) is 3.31. The van der Waals surface area contributed by atoms with Crippen molar-refractivity contribution in [3.8, 4) is 0 Å². The molecule has 7 heteroatoms. The van der Waals surface area contributed by atoms with Gasteiger partial charge in [0.05, 0.1) is 5.92 Å². The van der Waals surface area contributed by atoms with Crippen LogP contribution < -0.4 is 5.32 Å². The molecule has 1 amide bonds. The van der Waals surface area contributed by atoms with E-state index in [0.29, 0.717) is 11.3 Å². The van der Waals surface area contributed by atoms with E-state index in [2.05, 4.69) is 10.3 Å². The molecule has 1 fully saturated rings. The molecular weight excluding hydrogens is 360 g/mol. The van der Waals surface area contributed by atoms with Gasteiger partial charge >= 0.3 is 5.97 Å². The molecule has 2 N–H and O–H groups in total. The van der Waals surface area contributed by atoms with Crippen LogP contribution >= 0.6 is 0 Å². The zero-order valence-electron chi connectivity index (χ0n) is 16.0. The van der Waals surface area contributed by atoms with Crippen LogP contribution in [0, 0.1) is 11.8 Å². The third-order valence-corrected chi connectivity index (χ3v) is 5.54. The Kier molecular flexibility index (Phi) is 6.46. The summed E-state index contributed by atoms with van der Waals surface area (Å²) in [7, 11) is 1.47. The smallest absolute Gasteiger partial charge is 0.307 e. The Morgan fingerprint density at radius 3 is 2.57 bits per heavy atom. The van der Waals surface area contributed by atoms with E-state index >= 15 is 0 Å². The maximum atomic E-state index is 12.9. The monoisotopic (exact) mass is 386 g/mol. The minimum atomic E-state index is -1.35. The average Bonchev–Trinajstić information content (AvgIpc) is 3.27. The summed E-state index contributed by atoms with van der Waals surface area (Å²) in [5.74, 6) is -2.00. The number of ether oxygens (including phenoxy) is 1. The lowest BCUT2D eigenvalue weighted by molar-refractivity contribution is -0.148. The summed E-state index contributed by atoms with van der Waals surface area (Å²) in [5, 5.41) is 12.6. The van der Waals surface area contributed by atoms with Gasteiger partial charge in [-0.2, -0.15) is 0 Å². The normalized spacial score (nSPS) is 18.2. The molecule has 2 unspecified atom stereocenters. The number of carbonyl (C=O) groups is 2. The number of carboxylic acids is 1. The summed E-state index contributed by atoms with van der Waals surface area (Å²) in [6, 6.07) is 9.15. The zero-order chi connectivity index (χ0) is 20.0. The molecule has 1 saturated carbocycles. The van der Waals surface area contributed by atoms with E-state index in [1.165, 1.54) is 19.8 Å². The van der Waals surface area contributed by atoms with Gasteiger partial charge in [0, 0.05) is 19.1 Å². The second-order valence-corrected chi connectivity index (χ2v) is 7.22. The van der Waals surface area contributed by atoms with Gasteiger partial charge in [-0.3, -0.25) is 9.59 Å². The number of rotatable bonds is 8. The number of oxazole rings is 1. The van der Waals surface area contributed by atoms with Crippen molar-refractivity contribution >= 4 is 11.9 Å². The molecule has 0 bridgehead atoms. The highest BCUT2D eigenvalue weighted by atomic mass is 16.5. The number of aliphatic carboxylic acids is 1. The Morgan fingerprint density at radius 2 is 2.00 bits per heavy atom. The van der Waals surface area contributed by atoms with Gasteiger partial charge in [-0.25, -0.2) is 4.98 Å². The first kappa shape index (κ1) is 20.1. The highest BCUT2D eigenvalue weighted by Gasteiger charge is 2.40. The fourth-order valence-corrected chi connectivity index (χ4v) is 4.06. The summed E-state index contributed by atoms with van der Waals surface area (Å²) >= 11 is 0. The van der Waals surface area contributed by atoms with E-state index in [0.717, 1.165) is 32.1 Å². The molecule has 2 atom stereocenters. The molecular formula is C21H26N2O5. The van der Waals surface area contributed by atoms with Gasteiger partial charge in [0.25, 0.3) is 0 Å². The summed E-state index contributed by atoms with van der Waals surface area (Å²) in [5.41, 5.74) is -0.288. The number of methoxy groups -OCH3 is 1. The first-order chi connectivity index (χ1) is 13.6. The lowest BCUT2D eigenvalue weighted by Crippen LogP contribution is -2.49. The molecule has 0 spiro atoms. The minimum Gasteiger partial charge on any atom is -0.481 e. The van der Waals surface area contributed by atoms with Crippen molar-refractivity contribution in [2.45, 2.75) is 44.2 Å². The van der Waals surface area contributed by atoms with E-state index in [9.17, 15) is 14.7 Å². The summed E-state index contributed by atoms with van der Waals surface area (Å²) in [4.78, 5) is 28.9. The summed E-state index contributed by atoms with van der Waals surface area (Å²) in [6.07, 6.45) is 7.43. The van der Waals surface area contributed by atoms with Crippen molar-refractivity contribution in [3.05, 3.63) is 54.2 Å². The van der Waals surface area contributed by atoms with E-state index in [4.69, 9.17) is 9.15 Å². The molecule has 2 aromatic rings. The number of carboxylic acid groups (broad SMARTS) is 1. The lowest BCUT2D eigenvalue weighted by Gasteiger charge is -2.33. The molecule has 28 heavy (non-hydrogen) atoms. The Hall–Kier alpha value is -2.67. The molecule has 0 aliphatic heterocycles. The Balaban J connectivity index is 1.84. The van der Waals surface area contributed by atoms with Crippen molar-refractivity contribution < 1.29 is 23.8 Å². The standard InChI is InChI=1S/C21H26N2O5/c1-27-21(18-13-28-14-22-18,16-10-6-3-7-11-16)23-19(24)12-17(20(25)26)15-8-4-2-5-9-15/h3,6-7,10-11,13-15,17H,2,4-5,8-9,12H2,1H3,(H,23,24)(H,25,26). The fraction of sp³-hybridized carbons (Fsp3) is 0.476. The molecule has 3 rings (SSSR count). The number of carbonyl (C=O) groups excluding carboxylic acids is 1. The maximum absolute atomic E-state index is 12.9. The predicted molar refractivity (Wildman–Crippen MR) is 101 cm³/mol. The first-order valence-electron chi connectivity index (χ1n) is 9.60. The second-order valence-electron chi connectivity index (χ2n) is 7.22. The molecule has 1 aliphatic carbocycles. The number of nitrogens with one attached hydrogen (secondary N) is 1. The van der Waals surface area contributed by atoms with Crippen molar-refractivity contribution in [1.82, 2.24) is 10.3 Å². The number of nitrogens with zero attached hydrogens (tertiary/aromatic N) is 1. The van der Waals surface area contributed by atoms with Crippen LogP contribution in [0.4, 0.5) is 0 Å². The molecule has 1 aromatic carbocycles. The topological polar surface area (TPSA) is 102 Å². The van der Waals surface area contributed by atoms with Gasteiger partial charge in [0.2, 0.25) is 11.6 Å². The molecule has 150 valence electrons. The van der Waals surface area contributed by atoms with Crippen molar-refractivity contribution in [1.29, 1.82) is 0 Å². The van der Waals surface area contributed by atoms with Crippen molar-refractivity contribution in [2.75, 3.05) is 7.11 Å². The SMILES string of the molecule is COC(NC(=O)CC(C(=O)O)C1CCCCC1)(c1ccccc1)c1cocn1. The number of hydrogen-bond donors (Lipinski definition) is 2. The van der Waals surface area contributed by atoms with Gasteiger partial charge < -0.3 is 19.6 Å². The maximum Gasteiger partial charge on any atom is 0.307 e. The average molecular weight is 386 g/mol. The van der Waals surface area contributed by atoms with Crippen LogP contribution in [-0.4, -0.2) is 29.1 Å². The zero-order valence-corrected chi connectivity index (χ0v) is 16.0. The van der Waals surface area contributed by atoms with E-state index in [-0.39, 0.29) is 12.3 Å². The molecule has 7 nitrogen and oxygen atoms in total. The highest BCUT2D eigenvalue weighted by molar-refractivity contribution is 5.83. The van der Waals surface area contributed by atoms with Gasteiger partial charge in [-0.1, -0.05) is 49.6 Å². The van der Waals surface area contributed by atoms with Gasteiger partial charge in [-0.05, 0) is 18.8 Å². The van der Waals surface area contributed by atoms with E-state index in [1.54, 1.807) is 0 Å². The quantitative estimate of drug-likeness (QED) is 0.675. The molecule has 1 heterocycles. The Morgan fingerprint density at radius 1 is 1.29 bits per heavy atom. The van der Waals surface area contributed by atoms with Crippen LogP contribution in [0.1, 0.15) is 49.8 Å². The van der Waals surface area contributed by atoms with Gasteiger partial charge in [0.1, 0.15) is 12.0 Å². The van der Waals surface area contributed by atoms with E-state index < -0.39 is 23.5 Å². The molecule has 1 aromatic heterocycles. The van der Waals surface area contributed by atoms with Crippen LogP contribution in [0.3, 0.4) is 0 Å². The van der Waals surface area contributed by atoms with Crippen LogP contribution in [-0.2, 0) is 20.1 Å². The first-order valence-corrected chi connectivity index (χ1v) is 9.60. The lowest BCUT2D eigenvalue weighted by atomic mass is 9.78. The molecule has 0 saturated heterocycles. The number of amides is 1. The van der Waals surface area contributed by atoms with Crippen LogP contribution in [0.2, 0.25) is 0 Å². The van der Waals surface area contributed by atoms with Crippen molar-refractivity contribution in [2.24, 2.45) is 11.8 Å². The highest BCUT2D eigenvalue weighted by Crippen LogP contribution is 2.33. The Labute approximate surface area is 164 Å². The van der Waals surface area contributed by atoms with Gasteiger partial charge in [0.15, 0.2) is 6.39 Å². The summed E-state index contributed by atoms with van der Waals surface area (Å²) < 4.78 is 10.8. The Bertz CT molecular complexity index is 771. The molecule has 1 aliphatic rings. The minimum absolute atomic E-state index is 0.0257. The van der Waals surface area contributed by atoms with E-state index in [1.807, 2.05) is 30.3 Å². The van der Waals surface area contributed by atoms with Crippen LogP contribution in [0.25, 0.3) is 0 Å². The van der Waals surface area contributed by atoms with Gasteiger partial charge in [-0.15, -0.1) is 0 Å². The van der Waals surface area contributed by atoms with Crippen LogP contribution in [0.5, 0.6) is 0 Å². The van der Waals surface area contributed by atoms with Crippen molar-refractivity contribution in [3.63, 3.8) is 0 Å². The number of aromatic nitrogens is 1. The summed E-state index contributed by atoms with van der Waals surface area (Å²) in [6.45, 7) is 0. The van der Waals surface area contributed by atoms with Crippen LogP contribution in [0.15, 0.2) is 47.4 Å². The number of hydrogen-bond acceptors (Lipinski definition) is 5. The third kappa shape index (κ3) is 4.25. The number of benzene rings is 1.